The van der Waals surface area contributed by atoms with Gasteiger partial charge in [0.15, 0.2) is 0 Å². The standard InChI is InChI=1S/C19H24N6O3/c1-11-14(12(2)28-24-11)8-20-18-21-9-15-16(22-18)23-19(27)25(17(15)26)10-13-6-4-3-5-7-13/h3-7,15-16,18,20-22H,8-10H2,1-2H3,(H,23,27). The number of hydrogen-bond acceptors (Lipinski definition) is 7. The third kappa shape index (κ3) is 3.64. The van der Waals surface area contributed by atoms with Crippen LogP contribution in [0.25, 0.3) is 0 Å². The molecule has 3 atom stereocenters. The predicted molar refractivity (Wildman–Crippen MR) is 101 cm³/mol. The molecule has 0 bridgehead atoms. The molecule has 2 aliphatic heterocycles. The number of aryl methyl sites for hydroxylation is 2. The molecule has 1 aromatic carbocycles. The Morgan fingerprint density at radius 2 is 2.04 bits per heavy atom. The number of imide groups is 1. The fraction of sp³-hybridized carbons (Fsp3) is 0.421. The molecule has 0 spiro atoms. The third-order valence-electron chi connectivity index (χ3n) is 5.25. The van der Waals surface area contributed by atoms with Crippen LogP contribution in [0, 0.1) is 19.8 Å². The molecular formula is C19H24N6O3. The van der Waals surface area contributed by atoms with Gasteiger partial charge in [-0.2, -0.15) is 0 Å². The molecule has 0 aliphatic carbocycles. The first kappa shape index (κ1) is 18.6. The van der Waals surface area contributed by atoms with E-state index < -0.39 is 6.17 Å². The maximum Gasteiger partial charge on any atom is 0.325 e. The zero-order valence-electron chi connectivity index (χ0n) is 15.9. The lowest BCUT2D eigenvalue weighted by Gasteiger charge is -2.43. The van der Waals surface area contributed by atoms with Gasteiger partial charge in [-0.15, -0.1) is 0 Å². The van der Waals surface area contributed by atoms with Crippen molar-refractivity contribution < 1.29 is 14.1 Å². The molecule has 0 saturated carbocycles. The molecule has 3 unspecified atom stereocenters. The zero-order chi connectivity index (χ0) is 19.7. The quantitative estimate of drug-likeness (QED) is 0.596. The lowest BCUT2D eigenvalue weighted by Crippen LogP contribution is -2.74. The Bertz CT molecular complexity index is 848. The van der Waals surface area contributed by atoms with E-state index in [9.17, 15) is 9.59 Å². The van der Waals surface area contributed by atoms with Crippen LogP contribution in [0.3, 0.4) is 0 Å². The van der Waals surface area contributed by atoms with Crippen LogP contribution >= 0.6 is 0 Å². The number of carbonyl (C=O) groups is 2. The molecule has 0 radical (unpaired) electrons. The maximum absolute atomic E-state index is 12.9. The van der Waals surface area contributed by atoms with Crippen LogP contribution in [0.4, 0.5) is 4.79 Å². The van der Waals surface area contributed by atoms with E-state index >= 15 is 0 Å². The summed E-state index contributed by atoms with van der Waals surface area (Å²) in [5, 5.41) is 16.7. The van der Waals surface area contributed by atoms with Crippen molar-refractivity contribution in [3.63, 3.8) is 0 Å². The highest BCUT2D eigenvalue weighted by Crippen LogP contribution is 2.19. The number of hydrogen-bond donors (Lipinski definition) is 4. The number of nitrogens with one attached hydrogen (secondary N) is 4. The number of rotatable bonds is 5. The van der Waals surface area contributed by atoms with Crippen LogP contribution < -0.4 is 21.3 Å². The lowest BCUT2D eigenvalue weighted by atomic mass is 9.99. The molecular weight excluding hydrogens is 360 g/mol. The Morgan fingerprint density at radius 3 is 2.75 bits per heavy atom. The molecule has 9 nitrogen and oxygen atoms in total. The molecule has 148 valence electrons. The Balaban J connectivity index is 1.37. The van der Waals surface area contributed by atoms with Gasteiger partial charge in [-0.25, -0.2) is 4.79 Å². The van der Waals surface area contributed by atoms with E-state index in [4.69, 9.17) is 4.52 Å². The number of amides is 3. The zero-order valence-corrected chi connectivity index (χ0v) is 15.9. The largest absolute Gasteiger partial charge is 0.361 e. The van der Waals surface area contributed by atoms with Gasteiger partial charge in [0.05, 0.1) is 24.3 Å². The average molecular weight is 384 g/mol. The lowest BCUT2D eigenvalue weighted by molar-refractivity contribution is -0.137. The molecule has 2 fully saturated rings. The highest BCUT2D eigenvalue weighted by atomic mass is 16.5. The van der Waals surface area contributed by atoms with E-state index in [2.05, 4.69) is 26.4 Å². The van der Waals surface area contributed by atoms with Crippen LogP contribution in [0.5, 0.6) is 0 Å². The Labute approximate surface area is 162 Å². The predicted octanol–water partition coefficient (Wildman–Crippen LogP) is 0.552. The normalized spacial score (nSPS) is 24.8. The van der Waals surface area contributed by atoms with Gasteiger partial charge < -0.3 is 9.84 Å². The molecule has 1 aromatic heterocycles. The summed E-state index contributed by atoms with van der Waals surface area (Å²) in [6, 6.07) is 9.11. The number of carbonyl (C=O) groups excluding carboxylic acids is 2. The van der Waals surface area contributed by atoms with Crippen molar-refractivity contribution in [3.05, 3.63) is 52.9 Å². The highest BCUT2D eigenvalue weighted by Gasteiger charge is 2.43. The summed E-state index contributed by atoms with van der Waals surface area (Å²) < 4.78 is 5.17. The first-order valence-corrected chi connectivity index (χ1v) is 9.33. The number of urea groups is 1. The van der Waals surface area contributed by atoms with Gasteiger partial charge in [-0.05, 0) is 19.4 Å². The second kappa shape index (κ2) is 7.70. The molecule has 2 aliphatic rings. The van der Waals surface area contributed by atoms with Crippen LogP contribution in [0.2, 0.25) is 0 Å². The van der Waals surface area contributed by atoms with Crippen molar-refractivity contribution in [2.75, 3.05) is 6.54 Å². The summed E-state index contributed by atoms with van der Waals surface area (Å²) in [5.41, 5.74) is 2.76. The van der Waals surface area contributed by atoms with Crippen molar-refractivity contribution in [3.8, 4) is 0 Å². The monoisotopic (exact) mass is 384 g/mol. The average Bonchev–Trinajstić information content (AvgIpc) is 3.02. The summed E-state index contributed by atoms with van der Waals surface area (Å²) in [5.74, 6) is 0.233. The summed E-state index contributed by atoms with van der Waals surface area (Å²) in [7, 11) is 0. The van der Waals surface area contributed by atoms with E-state index in [-0.39, 0.29) is 30.7 Å². The second-order valence-corrected chi connectivity index (χ2v) is 7.14. The summed E-state index contributed by atoms with van der Waals surface area (Å²) >= 11 is 0. The van der Waals surface area contributed by atoms with Gasteiger partial charge >= 0.3 is 6.03 Å². The van der Waals surface area contributed by atoms with Crippen molar-refractivity contribution in [2.24, 2.45) is 5.92 Å². The van der Waals surface area contributed by atoms with Crippen molar-refractivity contribution in [1.82, 2.24) is 31.3 Å². The van der Waals surface area contributed by atoms with Gasteiger partial charge in [0.2, 0.25) is 5.91 Å². The van der Waals surface area contributed by atoms with Crippen LogP contribution in [-0.4, -0.2) is 41.0 Å². The van der Waals surface area contributed by atoms with Crippen LogP contribution in [0.15, 0.2) is 34.9 Å². The summed E-state index contributed by atoms with van der Waals surface area (Å²) in [4.78, 5) is 26.6. The molecule has 3 amide bonds. The van der Waals surface area contributed by atoms with Gasteiger partial charge in [-0.3, -0.25) is 25.6 Å². The van der Waals surface area contributed by atoms with E-state index in [0.29, 0.717) is 13.1 Å². The molecule has 28 heavy (non-hydrogen) atoms. The molecule has 4 rings (SSSR count). The van der Waals surface area contributed by atoms with Crippen molar-refractivity contribution >= 4 is 11.9 Å². The van der Waals surface area contributed by atoms with E-state index in [1.54, 1.807) is 0 Å². The SMILES string of the molecule is Cc1noc(C)c1CNC1NCC2C(=O)N(Cc3ccccc3)C(=O)NC2N1. The molecule has 2 aromatic rings. The van der Waals surface area contributed by atoms with Gasteiger partial charge in [0.1, 0.15) is 12.0 Å². The first-order valence-electron chi connectivity index (χ1n) is 9.33. The van der Waals surface area contributed by atoms with Gasteiger partial charge in [0, 0.05) is 18.7 Å². The fourth-order valence-electron chi connectivity index (χ4n) is 3.61. The second-order valence-electron chi connectivity index (χ2n) is 7.14. The minimum atomic E-state index is -0.421. The molecule has 4 N–H and O–H groups in total. The molecule has 2 saturated heterocycles. The minimum Gasteiger partial charge on any atom is -0.361 e. The number of fused-ring (bicyclic) bond motifs is 1. The Hall–Kier alpha value is -2.75. The Morgan fingerprint density at radius 1 is 1.25 bits per heavy atom. The van der Waals surface area contributed by atoms with Crippen molar-refractivity contribution in [2.45, 2.75) is 39.4 Å². The van der Waals surface area contributed by atoms with Crippen LogP contribution in [-0.2, 0) is 17.9 Å². The number of benzene rings is 1. The highest BCUT2D eigenvalue weighted by molar-refractivity contribution is 5.98. The van der Waals surface area contributed by atoms with Gasteiger partial charge in [0.25, 0.3) is 0 Å². The first-order chi connectivity index (χ1) is 13.5. The smallest absolute Gasteiger partial charge is 0.325 e. The minimum absolute atomic E-state index is 0.179. The maximum atomic E-state index is 12.9. The summed E-state index contributed by atoms with van der Waals surface area (Å²) in [6.45, 7) is 5.05. The van der Waals surface area contributed by atoms with E-state index in [1.165, 1.54) is 4.90 Å². The molecule has 3 heterocycles. The fourth-order valence-corrected chi connectivity index (χ4v) is 3.61. The van der Waals surface area contributed by atoms with E-state index in [0.717, 1.165) is 22.6 Å². The van der Waals surface area contributed by atoms with Crippen molar-refractivity contribution in [1.29, 1.82) is 0 Å². The number of nitrogens with zero attached hydrogens (tertiary/aromatic N) is 2. The Kier molecular flexibility index (Phi) is 5.12. The topological polar surface area (TPSA) is 112 Å². The van der Waals surface area contributed by atoms with E-state index in [1.807, 2.05) is 44.2 Å². The number of aromatic nitrogens is 1. The summed E-state index contributed by atoms with van der Waals surface area (Å²) in [6.07, 6.45) is -0.667. The van der Waals surface area contributed by atoms with Gasteiger partial charge in [-0.1, -0.05) is 35.5 Å². The molecule has 9 heteroatoms. The third-order valence-corrected chi connectivity index (χ3v) is 5.25. The van der Waals surface area contributed by atoms with Crippen LogP contribution in [0.1, 0.15) is 22.6 Å².